The Bertz CT molecular complexity index is 441. The van der Waals surface area contributed by atoms with Gasteiger partial charge in [-0.1, -0.05) is 37.3 Å². The summed E-state index contributed by atoms with van der Waals surface area (Å²) in [5.41, 5.74) is 2.30. The molecule has 0 radical (unpaired) electrons. The summed E-state index contributed by atoms with van der Waals surface area (Å²) in [5.74, 6) is 1.46. The van der Waals surface area contributed by atoms with E-state index in [4.69, 9.17) is 16.3 Å². The van der Waals surface area contributed by atoms with Crippen LogP contribution in [0, 0.1) is 18.8 Å². The van der Waals surface area contributed by atoms with Crippen LogP contribution in [0.1, 0.15) is 36.9 Å². The smallest absolute Gasteiger partial charge is 0.130 e. The number of nitrogens with one attached hydrogen (secondary N) is 1. The molecule has 1 unspecified atom stereocenters. The Hall–Kier alpha value is -0.580. The second-order valence-corrected chi connectivity index (χ2v) is 6.54. The first kappa shape index (κ1) is 16.8. The van der Waals surface area contributed by atoms with E-state index in [2.05, 4.69) is 17.3 Å². The molecule has 120 valence electrons. The van der Waals surface area contributed by atoms with Crippen LogP contribution in [0.3, 0.4) is 0 Å². The maximum absolute atomic E-state index is 6.41. The summed E-state index contributed by atoms with van der Waals surface area (Å²) in [4.78, 5) is 0. The van der Waals surface area contributed by atoms with Crippen LogP contribution in [-0.4, -0.2) is 36.6 Å². The average molecular weight is 314 g/mol. The lowest BCUT2D eigenvalue weighted by molar-refractivity contribution is 0.195. The van der Waals surface area contributed by atoms with Gasteiger partial charge in [-0.15, -0.1) is 0 Å². The van der Waals surface area contributed by atoms with Crippen LogP contribution >= 0.6 is 11.6 Å². The van der Waals surface area contributed by atoms with Crippen LogP contribution in [0.5, 0.6) is 0 Å². The van der Waals surface area contributed by atoms with E-state index >= 15 is 0 Å². The summed E-state index contributed by atoms with van der Waals surface area (Å²) in [6, 6.07) is 0. The van der Waals surface area contributed by atoms with Gasteiger partial charge in [-0.2, -0.15) is 5.10 Å². The molecule has 1 fully saturated rings. The van der Waals surface area contributed by atoms with Crippen molar-refractivity contribution >= 4 is 11.6 Å². The zero-order chi connectivity index (χ0) is 15.2. The Morgan fingerprint density at radius 3 is 2.71 bits per heavy atom. The molecule has 0 bridgehead atoms. The molecule has 0 aliphatic heterocycles. The predicted molar refractivity (Wildman–Crippen MR) is 86.9 cm³/mol. The molecule has 1 aliphatic rings. The number of ether oxygens (including phenoxy) is 1. The van der Waals surface area contributed by atoms with Crippen molar-refractivity contribution in [1.82, 2.24) is 15.1 Å². The number of rotatable bonds is 8. The molecular formula is C16H28ClN3O. The van der Waals surface area contributed by atoms with Gasteiger partial charge < -0.3 is 10.1 Å². The van der Waals surface area contributed by atoms with Gasteiger partial charge in [0.1, 0.15) is 5.15 Å². The fraction of sp³-hybridized carbons (Fsp3) is 0.812. The van der Waals surface area contributed by atoms with E-state index in [0.717, 1.165) is 42.9 Å². The highest BCUT2D eigenvalue weighted by atomic mass is 35.5. The minimum atomic E-state index is 0.643. The Morgan fingerprint density at radius 1 is 1.43 bits per heavy atom. The fourth-order valence-corrected chi connectivity index (χ4v) is 3.72. The SMILES string of the molecule is COCCNCC(Cc1c(C)nn(C)c1Cl)C1CCCC1. The number of hydrogen-bond acceptors (Lipinski definition) is 3. The maximum Gasteiger partial charge on any atom is 0.130 e. The third kappa shape index (κ3) is 4.44. The molecule has 1 atom stereocenters. The predicted octanol–water partition coefficient (Wildman–Crippen LogP) is 2.97. The van der Waals surface area contributed by atoms with E-state index in [-0.39, 0.29) is 0 Å². The van der Waals surface area contributed by atoms with Gasteiger partial charge in [-0.3, -0.25) is 4.68 Å². The van der Waals surface area contributed by atoms with Gasteiger partial charge >= 0.3 is 0 Å². The first-order chi connectivity index (χ1) is 10.1. The number of halogens is 1. The van der Waals surface area contributed by atoms with Crippen LogP contribution in [0.4, 0.5) is 0 Å². The van der Waals surface area contributed by atoms with Crippen molar-refractivity contribution in [2.75, 3.05) is 26.8 Å². The Morgan fingerprint density at radius 2 is 2.14 bits per heavy atom. The molecule has 5 heteroatoms. The van der Waals surface area contributed by atoms with Crippen LogP contribution in [0.25, 0.3) is 0 Å². The van der Waals surface area contributed by atoms with Crippen molar-refractivity contribution < 1.29 is 4.74 Å². The third-order valence-corrected chi connectivity index (χ3v) is 5.16. The van der Waals surface area contributed by atoms with Crippen molar-refractivity contribution in [2.45, 2.75) is 39.0 Å². The first-order valence-corrected chi connectivity index (χ1v) is 8.39. The molecule has 4 nitrogen and oxygen atoms in total. The van der Waals surface area contributed by atoms with Crippen molar-refractivity contribution in [2.24, 2.45) is 18.9 Å². The lowest BCUT2D eigenvalue weighted by atomic mass is 9.85. The molecule has 1 aliphatic carbocycles. The van der Waals surface area contributed by atoms with E-state index in [0.29, 0.717) is 5.92 Å². The summed E-state index contributed by atoms with van der Waals surface area (Å²) in [6.07, 6.45) is 6.49. The highest BCUT2D eigenvalue weighted by Crippen LogP contribution is 2.34. The van der Waals surface area contributed by atoms with Gasteiger partial charge in [0, 0.05) is 26.3 Å². The summed E-state index contributed by atoms with van der Waals surface area (Å²) >= 11 is 6.41. The van der Waals surface area contributed by atoms with Gasteiger partial charge in [-0.05, 0) is 31.7 Å². The quantitative estimate of drug-likeness (QED) is 0.750. The highest BCUT2D eigenvalue weighted by Gasteiger charge is 2.27. The Labute approximate surface area is 133 Å². The monoisotopic (exact) mass is 313 g/mol. The summed E-state index contributed by atoms with van der Waals surface area (Å²) < 4.78 is 6.90. The summed E-state index contributed by atoms with van der Waals surface area (Å²) in [6.45, 7) is 4.79. The Balaban J connectivity index is 2.00. The normalized spacial score (nSPS) is 17.5. The second kappa shape index (κ2) is 8.16. The molecule has 0 saturated heterocycles. The summed E-state index contributed by atoms with van der Waals surface area (Å²) in [5, 5.41) is 8.78. The van der Waals surface area contributed by atoms with Gasteiger partial charge in [0.2, 0.25) is 0 Å². The molecule has 1 saturated carbocycles. The van der Waals surface area contributed by atoms with Crippen molar-refractivity contribution in [3.63, 3.8) is 0 Å². The van der Waals surface area contributed by atoms with E-state index < -0.39 is 0 Å². The van der Waals surface area contributed by atoms with E-state index in [1.165, 1.54) is 31.2 Å². The molecule has 1 N–H and O–H groups in total. The molecule has 1 aromatic heterocycles. The lowest BCUT2D eigenvalue weighted by Crippen LogP contribution is -2.31. The molecule has 1 aromatic rings. The van der Waals surface area contributed by atoms with Crippen molar-refractivity contribution in [1.29, 1.82) is 0 Å². The van der Waals surface area contributed by atoms with E-state index in [9.17, 15) is 0 Å². The summed E-state index contributed by atoms with van der Waals surface area (Å²) in [7, 11) is 3.66. The molecule has 2 rings (SSSR count). The van der Waals surface area contributed by atoms with Crippen LogP contribution in [-0.2, 0) is 18.2 Å². The van der Waals surface area contributed by atoms with Crippen molar-refractivity contribution in [3.8, 4) is 0 Å². The second-order valence-electron chi connectivity index (χ2n) is 6.18. The van der Waals surface area contributed by atoms with Crippen molar-refractivity contribution in [3.05, 3.63) is 16.4 Å². The van der Waals surface area contributed by atoms with E-state index in [1.54, 1.807) is 11.8 Å². The fourth-order valence-electron chi connectivity index (χ4n) is 3.46. The van der Waals surface area contributed by atoms with Gasteiger partial charge in [0.15, 0.2) is 0 Å². The molecule has 0 spiro atoms. The minimum Gasteiger partial charge on any atom is -0.383 e. The van der Waals surface area contributed by atoms with Crippen LogP contribution < -0.4 is 5.32 Å². The maximum atomic E-state index is 6.41. The standard InChI is InChI=1S/C16H28ClN3O/c1-12-15(16(17)20(2)19-12)10-14(11-18-8-9-21-3)13-6-4-5-7-13/h13-14,18H,4-11H2,1-3H3. The number of aromatic nitrogens is 2. The zero-order valence-electron chi connectivity index (χ0n) is 13.5. The topological polar surface area (TPSA) is 39.1 Å². The van der Waals surface area contributed by atoms with Gasteiger partial charge in [-0.25, -0.2) is 0 Å². The number of nitrogens with zero attached hydrogens (tertiary/aromatic N) is 2. The Kier molecular flexibility index (Phi) is 6.52. The van der Waals surface area contributed by atoms with Gasteiger partial charge in [0.05, 0.1) is 12.3 Å². The zero-order valence-corrected chi connectivity index (χ0v) is 14.2. The largest absolute Gasteiger partial charge is 0.383 e. The number of hydrogen-bond donors (Lipinski definition) is 1. The lowest BCUT2D eigenvalue weighted by Gasteiger charge is -2.24. The van der Waals surface area contributed by atoms with E-state index in [1.807, 2.05) is 7.05 Å². The first-order valence-electron chi connectivity index (χ1n) is 8.01. The number of methoxy groups -OCH3 is 1. The molecule has 1 heterocycles. The molecule has 21 heavy (non-hydrogen) atoms. The van der Waals surface area contributed by atoms with Crippen LogP contribution in [0.15, 0.2) is 0 Å². The molecule has 0 amide bonds. The average Bonchev–Trinajstić information content (AvgIpc) is 3.06. The van der Waals surface area contributed by atoms with Gasteiger partial charge in [0.25, 0.3) is 0 Å². The van der Waals surface area contributed by atoms with Crippen LogP contribution in [0.2, 0.25) is 5.15 Å². The third-order valence-electron chi connectivity index (χ3n) is 4.69. The minimum absolute atomic E-state index is 0.643. The molecular weight excluding hydrogens is 286 g/mol. The molecule has 0 aromatic carbocycles. The highest BCUT2D eigenvalue weighted by molar-refractivity contribution is 6.30. The number of aryl methyl sites for hydroxylation is 2.